The SMILES string of the molecule is O=C(O)C[C@H]1COC[C@H](NC(=O)C(=NOCCCO)c2cccs2)B(O)O1. The van der Waals surface area contributed by atoms with Gasteiger partial charge in [0.25, 0.3) is 5.91 Å². The number of aliphatic hydroxyl groups is 1. The van der Waals surface area contributed by atoms with E-state index in [9.17, 15) is 14.6 Å². The molecule has 1 saturated heterocycles. The van der Waals surface area contributed by atoms with Crippen molar-refractivity contribution in [3.63, 3.8) is 0 Å². The van der Waals surface area contributed by atoms with Crippen LogP contribution in [0.1, 0.15) is 17.7 Å². The molecule has 2 rings (SSSR count). The molecule has 148 valence electrons. The molecule has 10 nitrogen and oxygen atoms in total. The van der Waals surface area contributed by atoms with Gasteiger partial charge in [0, 0.05) is 13.0 Å². The lowest BCUT2D eigenvalue weighted by Crippen LogP contribution is -2.52. The number of carbonyl (C=O) groups is 2. The van der Waals surface area contributed by atoms with E-state index in [0.29, 0.717) is 11.3 Å². The maximum atomic E-state index is 12.6. The van der Waals surface area contributed by atoms with Gasteiger partial charge in [-0.05, 0) is 11.4 Å². The molecule has 2 atom stereocenters. The predicted octanol–water partition coefficient (Wildman–Crippen LogP) is -0.754. The average Bonchev–Trinajstić information content (AvgIpc) is 3.08. The second-order valence-electron chi connectivity index (χ2n) is 5.69. The van der Waals surface area contributed by atoms with E-state index in [2.05, 4.69) is 10.5 Å². The van der Waals surface area contributed by atoms with Crippen molar-refractivity contribution in [3.8, 4) is 0 Å². The Bertz CT molecular complexity index is 642. The van der Waals surface area contributed by atoms with Gasteiger partial charge in [0.15, 0.2) is 5.71 Å². The second kappa shape index (κ2) is 11.0. The standard InChI is InChI=1S/C15H21BN2O8S/c19-4-2-5-25-18-14(11-3-1-6-27-11)15(22)17-12-9-24-8-10(7-13(20)21)26-16(12)23/h1,3,6,10,12,19,23H,2,4-5,7-9H2,(H,17,22)(H,20,21)/t10-,12-/m0/s1. The molecule has 27 heavy (non-hydrogen) atoms. The first-order valence-electron chi connectivity index (χ1n) is 8.30. The van der Waals surface area contributed by atoms with Crippen LogP contribution in [-0.2, 0) is 23.8 Å². The summed E-state index contributed by atoms with van der Waals surface area (Å²) < 4.78 is 10.6. The number of ether oxygens (including phenoxy) is 1. The molecule has 1 fully saturated rings. The number of nitrogens with one attached hydrogen (secondary N) is 1. The van der Waals surface area contributed by atoms with E-state index in [4.69, 9.17) is 24.4 Å². The van der Waals surface area contributed by atoms with Crippen molar-refractivity contribution in [1.82, 2.24) is 5.32 Å². The van der Waals surface area contributed by atoms with Crippen LogP contribution >= 0.6 is 11.3 Å². The highest BCUT2D eigenvalue weighted by molar-refractivity contribution is 7.13. The van der Waals surface area contributed by atoms with Crippen LogP contribution in [0.25, 0.3) is 0 Å². The van der Waals surface area contributed by atoms with Crippen LogP contribution in [0, 0.1) is 0 Å². The lowest BCUT2D eigenvalue weighted by molar-refractivity contribution is -0.139. The third-order valence-electron chi connectivity index (χ3n) is 3.52. The van der Waals surface area contributed by atoms with Crippen LogP contribution in [0.4, 0.5) is 0 Å². The number of aliphatic hydroxyl groups excluding tert-OH is 1. The molecule has 0 radical (unpaired) electrons. The average molecular weight is 400 g/mol. The number of hydrogen-bond donors (Lipinski definition) is 4. The molecule has 0 spiro atoms. The second-order valence-corrected chi connectivity index (χ2v) is 6.64. The molecule has 0 saturated carbocycles. The number of rotatable bonds is 9. The van der Waals surface area contributed by atoms with E-state index >= 15 is 0 Å². The molecule has 1 aromatic heterocycles. The highest BCUT2D eigenvalue weighted by Gasteiger charge is 2.36. The van der Waals surface area contributed by atoms with Crippen LogP contribution in [0.2, 0.25) is 0 Å². The van der Waals surface area contributed by atoms with Gasteiger partial charge < -0.3 is 34.8 Å². The molecule has 1 aliphatic rings. The molecule has 1 aromatic rings. The molecule has 0 aliphatic carbocycles. The summed E-state index contributed by atoms with van der Waals surface area (Å²) in [6, 6.07) is 3.44. The lowest BCUT2D eigenvalue weighted by Gasteiger charge is -2.19. The number of aliphatic carboxylic acids is 1. The zero-order valence-electron chi connectivity index (χ0n) is 14.4. The van der Waals surface area contributed by atoms with Gasteiger partial charge in [-0.3, -0.25) is 9.59 Å². The van der Waals surface area contributed by atoms with Crippen molar-refractivity contribution in [2.45, 2.75) is 24.9 Å². The molecule has 2 heterocycles. The summed E-state index contributed by atoms with van der Waals surface area (Å²) in [7, 11) is -1.43. The Balaban J connectivity index is 2.02. The minimum absolute atomic E-state index is 0.00806. The zero-order valence-corrected chi connectivity index (χ0v) is 15.3. The lowest BCUT2D eigenvalue weighted by atomic mass is 9.79. The van der Waals surface area contributed by atoms with Gasteiger partial charge in [-0.1, -0.05) is 11.2 Å². The minimum atomic E-state index is -1.43. The van der Waals surface area contributed by atoms with Crippen LogP contribution in [0.15, 0.2) is 22.7 Å². The van der Waals surface area contributed by atoms with Gasteiger partial charge in [0.2, 0.25) is 0 Å². The Morgan fingerprint density at radius 2 is 2.26 bits per heavy atom. The van der Waals surface area contributed by atoms with E-state index in [-0.39, 0.29) is 38.6 Å². The minimum Gasteiger partial charge on any atom is -0.481 e. The topological polar surface area (TPSA) is 147 Å². The predicted molar refractivity (Wildman–Crippen MR) is 96.4 cm³/mol. The van der Waals surface area contributed by atoms with Crippen molar-refractivity contribution < 1.29 is 39.1 Å². The Morgan fingerprint density at radius 1 is 1.44 bits per heavy atom. The summed E-state index contributed by atoms with van der Waals surface area (Å²) in [5.41, 5.74) is 0.0153. The molecule has 4 N–H and O–H groups in total. The third-order valence-corrected chi connectivity index (χ3v) is 4.39. The first kappa shape index (κ1) is 21.3. The molecule has 1 aliphatic heterocycles. The fraction of sp³-hybridized carbons (Fsp3) is 0.533. The van der Waals surface area contributed by atoms with Gasteiger partial charge in [-0.2, -0.15) is 0 Å². The number of carboxylic acids is 1. The van der Waals surface area contributed by atoms with Crippen LogP contribution in [0.5, 0.6) is 0 Å². The van der Waals surface area contributed by atoms with Crippen molar-refractivity contribution in [2.75, 3.05) is 26.4 Å². The summed E-state index contributed by atoms with van der Waals surface area (Å²) in [6.45, 7) is 0.0301. The normalized spacial score (nSPS) is 20.8. The first-order valence-corrected chi connectivity index (χ1v) is 9.18. The molecule has 0 aromatic carbocycles. The monoisotopic (exact) mass is 400 g/mol. The molecule has 1 amide bonds. The smallest absolute Gasteiger partial charge is 0.480 e. The highest BCUT2D eigenvalue weighted by Crippen LogP contribution is 2.13. The van der Waals surface area contributed by atoms with Gasteiger partial charge in [0.05, 0.1) is 36.6 Å². The summed E-state index contributed by atoms with van der Waals surface area (Å²) >= 11 is 1.29. The van der Waals surface area contributed by atoms with E-state index in [1.54, 1.807) is 17.5 Å². The van der Waals surface area contributed by atoms with E-state index < -0.39 is 31.0 Å². The number of oxime groups is 1. The van der Waals surface area contributed by atoms with Crippen molar-refractivity contribution in [1.29, 1.82) is 0 Å². The van der Waals surface area contributed by atoms with Gasteiger partial charge in [-0.15, -0.1) is 11.3 Å². The van der Waals surface area contributed by atoms with Gasteiger partial charge in [-0.25, -0.2) is 0 Å². The Hall–Kier alpha value is -1.99. The summed E-state index contributed by atoms with van der Waals surface area (Å²) in [5, 5.41) is 35.9. The maximum absolute atomic E-state index is 12.6. The van der Waals surface area contributed by atoms with Gasteiger partial charge >= 0.3 is 13.1 Å². The first-order chi connectivity index (χ1) is 13.0. The van der Waals surface area contributed by atoms with E-state index in [0.717, 1.165) is 0 Å². The fourth-order valence-corrected chi connectivity index (χ4v) is 2.94. The summed E-state index contributed by atoms with van der Waals surface area (Å²) in [6.07, 6.45) is -0.763. The van der Waals surface area contributed by atoms with Crippen molar-refractivity contribution in [3.05, 3.63) is 22.4 Å². The number of amides is 1. The Kier molecular flexibility index (Phi) is 8.68. The number of carbonyl (C=O) groups excluding carboxylic acids is 1. The largest absolute Gasteiger partial charge is 0.481 e. The van der Waals surface area contributed by atoms with Crippen LogP contribution in [0.3, 0.4) is 0 Å². The quantitative estimate of drug-likeness (QED) is 0.183. The molecular formula is C15H21BN2O8S. The molecule has 12 heteroatoms. The Labute approximate surface area is 159 Å². The highest BCUT2D eigenvalue weighted by atomic mass is 32.1. The van der Waals surface area contributed by atoms with Crippen LogP contribution < -0.4 is 5.32 Å². The van der Waals surface area contributed by atoms with Crippen molar-refractivity contribution >= 4 is 36.0 Å². The summed E-state index contributed by atoms with van der Waals surface area (Å²) in [4.78, 5) is 29.0. The number of thiophene rings is 1. The summed E-state index contributed by atoms with van der Waals surface area (Å²) in [5.74, 6) is -2.58. The van der Waals surface area contributed by atoms with Crippen molar-refractivity contribution in [2.24, 2.45) is 5.16 Å². The zero-order chi connectivity index (χ0) is 19.6. The molecule has 0 bridgehead atoms. The van der Waals surface area contributed by atoms with E-state index in [1.807, 2.05) is 0 Å². The number of nitrogens with zero attached hydrogens (tertiary/aromatic N) is 1. The molecular weight excluding hydrogens is 379 g/mol. The van der Waals surface area contributed by atoms with Gasteiger partial charge in [0.1, 0.15) is 6.61 Å². The number of carboxylic acid groups (broad SMARTS) is 1. The fourth-order valence-electron chi connectivity index (χ4n) is 2.24. The third kappa shape index (κ3) is 6.92. The Morgan fingerprint density at radius 3 is 2.93 bits per heavy atom. The molecule has 0 unspecified atom stereocenters. The maximum Gasteiger partial charge on any atom is 0.480 e. The van der Waals surface area contributed by atoms with Crippen LogP contribution in [-0.4, -0.2) is 78.4 Å². The number of hydrogen-bond acceptors (Lipinski definition) is 9. The van der Waals surface area contributed by atoms with E-state index in [1.165, 1.54) is 11.3 Å².